The van der Waals surface area contributed by atoms with Gasteiger partial charge in [0, 0.05) is 12.3 Å². The first-order valence-electron chi connectivity index (χ1n) is 7.43. The molecule has 0 bridgehead atoms. The number of carbonyl (C=O) groups is 1. The number of ketones is 1. The van der Waals surface area contributed by atoms with Crippen molar-refractivity contribution in [2.24, 2.45) is 0 Å². The van der Waals surface area contributed by atoms with E-state index in [0.717, 1.165) is 24.1 Å². The van der Waals surface area contributed by atoms with Crippen LogP contribution >= 0.6 is 0 Å². The highest BCUT2D eigenvalue weighted by molar-refractivity contribution is 5.87. The zero-order valence-electron chi connectivity index (χ0n) is 12.8. The second kappa shape index (κ2) is 7.75. The zero-order chi connectivity index (χ0) is 15.1. The van der Waals surface area contributed by atoms with Gasteiger partial charge >= 0.3 is 0 Å². The van der Waals surface area contributed by atoms with E-state index in [-0.39, 0.29) is 5.92 Å². The Kier molecular flexibility index (Phi) is 5.70. The summed E-state index contributed by atoms with van der Waals surface area (Å²) in [4.78, 5) is 14.8. The predicted octanol–water partition coefficient (Wildman–Crippen LogP) is 3.53. The summed E-state index contributed by atoms with van der Waals surface area (Å²) in [7, 11) is 4.09. The van der Waals surface area contributed by atoms with E-state index in [0.29, 0.717) is 12.2 Å². The molecule has 0 aliphatic carbocycles. The summed E-state index contributed by atoms with van der Waals surface area (Å²) in [5.41, 5.74) is 2.22. The third-order valence-electron chi connectivity index (χ3n) is 3.68. The van der Waals surface area contributed by atoms with Crippen molar-refractivity contribution in [3.05, 3.63) is 71.8 Å². The number of nitrogens with zero attached hydrogens (tertiary/aromatic N) is 1. The van der Waals surface area contributed by atoms with Crippen molar-refractivity contribution in [1.82, 2.24) is 4.90 Å². The number of carbonyl (C=O) groups excluding carboxylic acids is 1. The number of Topliss-reactive ketones (excluding diaryl/α,β-unsaturated/α-hetero) is 1. The molecule has 0 heterocycles. The smallest absolute Gasteiger partial charge is 0.144 e. The molecule has 2 aromatic rings. The average Bonchev–Trinajstić information content (AvgIpc) is 2.49. The highest BCUT2D eigenvalue weighted by Gasteiger charge is 2.20. The molecule has 0 radical (unpaired) electrons. The van der Waals surface area contributed by atoms with Crippen LogP contribution in [0.2, 0.25) is 0 Å². The Morgan fingerprint density at radius 1 is 0.952 bits per heavy atom. The first-order chi connectivity index (χ1) is 10.2. The van der Waals surface area contributed by atoms with E-state index in [1.807, 2.05) is 62.6 Å². The minimum Gasteiger partial charge on any atom is -0.309 e. The molecular formula is C19H23NO. The van der Waals surface area contributed by atoms with Crippen LogP contribution in [0, 0.1) is 0 Å². The van der Waals surface area contributed by atoms with Crippen molar-refractivity contribution in [2.45, 2.75) is 18.8 Å². The van der Waals surface area contributed by atoms with Gasteiger partial charge in [-0.05, 0) is 38.2 Å². The lowest BCUT2D eigenvalue weighted by Crippen LogP contribution is -2.21. The molecule has 1 unspecified atom stereocenters. The van der Waals surface area contributed by atoms with Crippen molar-refractivity contribution in [1.29, 1.82) is 0 Å². The van der Waals surface area contributed by atoms with Gasteiger partial charge < -0.3 is 4.90 Å². The van der Waals surface area contributed by atoms with Crippen molar-refractivity contribution < 1.29 is 4.79 Å². The molecule has 21 heavy (non-hydrogen) atoms. The van der Waals surface area contributed by atoms with E-state index in [1.54, 1.807) is 0 Å². The summed E-state index contributed by atoms with van der Waals surface area (Å²) in [5, 5.41) is 0. The lowest BCUT2D eigenvalue weighted by Gasteiger charge is -2.19. The molecule has 0 amide bonds. The second-order valence-electron chi connectivity index (χ2n) is 5.68. The maximum absolute atomic E-state index is 12.7. The highest BCUT2D eigenvalue weighted by Crippen LogP contribution is 2.22. The predicted molar refractivity (Wildman–Crippen MR) is 87.5 cm³/mol. The molecule has 0 aliphatic rings. The fraction of sp³-hybridized carbons (Fsp3) is 0.316. The number of hydrogen-bond acceptors (Lipinski definition) is 2. The van der Waals surface area contributed by atoms with Crippen molar-refractivity contribution in [3.8, 4) is 0 Å². The van der Waals surface area contributed by atoms with Crippen molar-refractivity contribution in [2.75, 3.05) is 20.6 Å². The van der Waals surface area contributed by atoms with Gasteiger partial charge in [-0.25, -0.2) is 0 Å². The van der Waals surface area contributed by atoms with E-state index < -0.39 is 0 Å². The van der Waals surface area contributed by atoms with Gasteiger partial charge in [-0.2, -0.15) is 0 Å². The van der Waals surface area contributed by atoms with Gasteiger partial charge in [-0.3, -0.25) is 4.79 Å². The molecule has 0 N–H and O–H groups in total. The quantitative estimate of drug-likeness (QED) is 0.774. The summed E-state index contributed by atoms with van der Waals surface area (Å²) >= 11 is 0. The first kappa shape index (κ1) is 15.5. The van der Waals surface area contributed by atoms with Crippen LogP contribution in [0.5, 0.6) is 0 Å². The Hall–Kier alpha value is -1.93. The molecule has 2 nitrogen and oxygen atoms in total. The number of benzene rings is 2. The van der Waals surface area contributed by atoms with Crippen LogP contribution in [0.25, 0.3) is 0 Å². The summed E-state index contributed by atoms with van der Waals surface area (Å²) in [6, 6.07) is 20.1. The molecule has 0 spiro atoms. The van der Waals surface area contributed by atoms with E-state index in [4.69, 9.17) is 0 Å². The summed E-state index contributed by atoms with van der Waals surface area (Å²) in [6.07, 6.45) is 1.37. The fourth-order valence-corrected chi connectivity index (χ4v) is 2.51. The van der Waals surface area contributed by atoms with Crippen LogP contribution in [0.3, 0.4) is 0 Å². The maximum Gasteiger partial charge on any atom is 0.144 e. The Balaban J connectivity index is 2.12. The first-order valence-corrected chi connectivity index (χ1v) is 7.43. The van der Waals surface area contributed by atoms with E-state index in [2.05, 4.69) is 17.0 Å². The highest BCUT2D eigenvalue weighted by atomic mass is 16.1. The lowest BCUT2D eigenvalue weighted by molar-refractivity contribution is -0.120. The van der Waals surface area contributed by atoms with Crippen molar-refractivity contribution in [3.63, 3.8) is 0 Å². The average molecular weight is 281 g/mol. The van der Waals surface area contributed by atoms with Gasteiger partial charge in [-0.15, -0.1) is 0 Å². The molecule has 1 atom stereocenters. The minimum absolute atomic E-state index is 0.0196. The Morgan fingerprint density at radius 3 is 2.10 bits per heavy atom. The summed E-state index contributed by atoms with van der Waals surface area (Å²) in [6.45, 7) is 0.917. The molecule has 0 saturated heterocycles. The van der Waals surface area contributed by atoms with E-state index in [9.17, 15) is 4.79 Å². The molecule has 0 aliphatic heterocycles. The maximum atomic E-state index is 12.7. The largest absolute Gasteiger partial charge is 0.309 e. The van der Waals surface area contributed by atoms with Gasteiger partial charge in [0.1, 0.15) is 5.78 Å². The van der Waals surface area contributed by atoms with Gasteiger partial charge in [-0.1, -0.05) is 60.7 Å². The van der Waals surface area contributed by atoms with E-state index in [1.165, 1.54) is 0 Å². The van der Waals surface area contributed by atoms with Crippen LogP contribution in [0.1, 0.15) is 23.5 Å². The van der Waals surface area contributed by atoms with E-state index >= 15 is 0 Å². The summed E-state index contributed by atoms with van der Waals surface area (Å²) in [5.74, 6) is 0.281. The zero-order valence-corrected chi connectivity index (χ0v) is 12.8. The molecule has 2 heteroatoms. The van der Waals surface area contributed by atoms with Gasteiger partial charge in [0.2, 0.25) is 0 Å². The lowest BCUT2D eigenvalue weighted by atomic mass is 9.88. The van der Waals surface area contributed by atoms with Gasteiger partial charge in [0.25, 0.3) is 0 Å². The Bertz CT molecular complexity index is 548. The van der Waals surface area contributed by atoms with Gasteiger partial charge in [0.15, 0.2) is 0 Å². The minimum atomic E-state index is -0.0196. The molecule has 2 rings (SSSR count). The monoisotopic (exact) mass is 281 g/mol. The molecule has 0 fully saturated rings. The SMILES string of the molecule is CN(C)CCC(C(=O)Cc1ccccc1)c1ccccc1. The van der Waals surface area contributed by atoms with Crippen LogP contribution in [-0.2, 0) is 11.2 Å². The van der Waals surface area contributed by atoms with Crippen LogP contribution in [0.15, 0.2) is 60.7 Å². The molecule has 0 aromatic heterocycles. The molecular weight excluding hydrogens is 258 g/mol. The third kappa shape index (κ3) is 4.83. The normalized spacial score (nSPS) is 12.3. The number of rotatable bonds is 7. The second-order valence-corrected chi connectivity index (χ2v) is 5.68. The summed E-state index contributed by atoms with van der Waals surface area (Å²) < 4.78 is 0. The molecule has 0 saturated carbocycles. The fourth-order valence-electron chi connectivity index (χ4n) is 2.51. The van der Waals surface area contributed by atoms with Gasteiger partial charge in [0.05, 0.1) is 0 Å². The topological polar surface area (TPSA) is 20.3 Å². The molecule has 110 valence electrons. The Morgan fingerprint density at radius 2 is 1.52 bits per heavy atom. The number of hydrogen-bond donors (Lipinski definition) is 0. The van der Waals surface area contributed by atoms with Crippen LogP contribution < -0.4 is 0 Å². The van der Waals surface area contributed by atoms with Crippen molar-refractivity contribution >= 4 is 5.78 Å². The third-order valence-corrected chi connectivity index (χ3v) is 3.68. The van der Waals surface area contributed by atoms with Crippen LogP contribution in [-0.4, -0.2) is 31.3 Å². The standard InChI is InChI=1S/C19H23NO/c1-20(2)14-13-18(17-11-7-4-8-12-17)19(21)15-16-9-5-3-6-10-16/h3-12,18H,13-15H2,1-2H3. The van der Waals surface area contributed by atoms with Crippen LogP contribution in [0.4, 0.5) is 0 Å². The molecule has 2 aromatic carbocycles. The Labute approximate surface area is 127 Å².